The second-order valence-electron chi connectivity index (χ2n) is 3.56. The van der Waals surface area contributed by atoms with E-state index in [4.69, 9.17) is 0 Å². The van der Waals surface area contributed by atoms with Crippen molar-refractivity contribution in [3.8, 4) is 0 Å². The fourth-order valence-corrected chi connectivity index (χ4v) is 1.67. The van der Waals surface area contributed by atoms with Crippen LogP contribution in [0.3, 0.4) is 0 Å². The molecule has 1 fully saturated rings. The molecule has 1 atom stereocenters. The van der Waals surface area contributed by atoms with Crippen molar-refractivity contribution in [1.29, 1.82) is 0 Å². The molecule has 0 amide bonds. The van der Waals surface area contributed by atoms with Crippen molar-refractivity contribution in [2.75, 3.05) is 0 Å². The van der Waals surface area contributed by atoms with Gasteiger partial charge in [-0.2, -0.15) is 12.3 Å². The van der Waals surface area contributed by atoms with Gasteiger partial charge in [0.25, 0.3) is 0 Å². The van der Waals surface area contributed by atoms with Gasteiger partial charge in [0.2, 0.25) is 0 Å². The summed E-state index contributed by atoms with van der Waals surface area (Å²) in [6, 6.07) is 0. The van der Waals surface area contributed by atoms with Crippen LogP contribution in [0.15, 0.2) is 0 Å². The maximum Gasteiger partial charge on any atom is 2.00 e. The Morgan fingerprint density at radius 1 is 1.45 bits per heavy atom. The second kappa shape index (κ2) is 7.87. The van der Waals surface area contributed by atoms with E-state index < -0.39 is 0 Å². The molecule has 1 rings (SSSR count). The van der Waals surface area contributed by atoms with Crippen LogP contribution in [0.4, 0.5) is 0 Å². The molecule has 0 heterocycles. The summed E-state index contributed by atoms with van der Waals surface area (Å²) >= 11 is 0. The third-order valence-electron chi connectivity index (χ3n) is 2.05. The molecule has 11 heavy (non-hydrogen) atoms. The van der Waals surface area contributed by atoms with Gasteiger partial charge in [0, 0.05) is 0 Å². The zero-order chi connectivity index (χ0) is 6.69. The van der Waals surface area contributed by atoms with Gasteiger partial charge >= 0.3 is 23.1 Å². The van der Waals surface area contributed by atoms with Gasteiger partial charge in [0.1, 0.15) is 0 Å². The molecule has 0 radical (unpaired) electrons. The largest absolute Gasteiger partial charge is 2.00 e. The molecule has 0 aromatic rings. The Labute approximate surface area is 97.4 Å². The molecule has 0 N–H and O–H groups in total. The molecule has 0 nitrogen and oxygen atoms in total. The standard InChI is InChI=1S/C9H17.BrH.Mg/c1-8(2)7-9-5-3-4-6-9;;/h5,8-9H,3-4,6-7H2,1-2H3;1H;/q-1;;+2/p-1. The van der Waals surface area contributed by atoms with Crippen LogP contribution >= 0.6 is 0 Å². The average Bonchev–Trinajstić information content (AvgIpc) is 2.15. The minimum absolute atomic E-state index is 0. The fraction of sp³-hybridized carbons (Fsp3) is 0.889. The number of halogens is 1. The van der Waals surface area contributed by atoms with Crippen molar-refractivity contribution >= 4 is 23.1 Å². The summed E-state index contributed by atoms with van der Waals surface area (Å²) in [5, 5.41) is 0. The summed E-state index contributed by atoms with van der Waals surface area (Å²) in [4.78, 5) is 0. The molecule has 0 bridgehead atoms. The van der Waals surface area contributed by atoms with Crippen LogP contribution in [-0.2, 0) is 0 Å². The van der Waals surface area contributed by atoms with Gasteiger partial charge in [-0.25, -0.2) is 0 Å². The van der Waals surface area contributed by atoms with E-state index in [2.05, 4.69) is 20.3 Å². The van der Waals surface area contributed by atoms with Crippen LogP contribution in [0.2, 0.25) is 0 Å². The molecule has 0 saturated heterocycles. The van der Waals surface area contributed by atoms with Crippen LogP contribution < -0.4 is 17.0 Å². The first-order chi connectivity index (χ1) is 4.29. The molecule has 2 heteroatoms. The molecule has 1 unspecified atom stereocenters. The van der Waals surface area contributed by atoms with E-state index in [9.17, 15) is 0 Å². The summed E-state index contributed by atoms with van der Waals surface area (Å²) in [5.74, 6) is 1.86. The topological polar surface area (TPSA) is 0 Å². The van der Waals surface area contributed by atoms with Gasteiger partial charge in [-0.1, -0.05) is 33.1 Å². The van der Waals surface area contributed by atoms with E-state index in [1.165, 1.54) is 25.7 Å². The fourth-order valence-electron chi connectivity index (χ4n) is 1.67. The van der Waals surface area contributed by atoms with E-state index >= 15 is 0 Å². The van der Waals surface area contributed by atoms with Crippen molar-refractivity contribution in [3.05, 3.63) is 6.42 Å². The summed E-state index contributed by atoms with van der Waals surface area (Å²) < 4.78 is 0. The second-order valence-corrected chi connectivity index (χ2v) is 3.56. The zero-order valence-corrected chi connectivity index (χ0v) is 10.6. The first-order valence-corrected chi connectivity index (χ1v) is 4.12. The third-order valence-corrected chi connectivity index (χ3v) is 2.05. The molecular weight excluding hydrogens is 212 g/mol. The molecule has 0 aliphatic heterocycles. The molecular formula is C9H17BrMg. The Hall–Kier alpha value is 1.25. The minimum Gasteiger partial charge on any atom is -1.00 e. The minimum atomic E-state index is 0. The normalized spacial score (nSPS) is 22.6. The van der Waals surface area contributed by atoms with Crippen molar-refractivity contribution in [3.63, 3.8) is 0 Å². The van der Waals surface area contributed by atoms with Crippen LogP contribution in [0.1, 0.15) is 39.5 Å². The number of hydrogen-bond acceptors (Lipinski definition) is 0. The van der Waals surface area contributed by atoms with Gasteiger partial charge < -0.3 is 23.4 Å². The summed E-state index contributed by atoms with van der Waals surface area (Å²) in [6.45, 7) is 4.62. The van der Waals surface area contributed by atoms with Crippen molar-refractivity contribution in [1.82, 2.24) is 0 Å². The van der Waals surface area contributed by atoms with Crippen molar-refractivity contribution in [2.45, 2.75) is 39.5 Å². The van der Waals surface area contributed by atoms with Gasteiger partial charge in [0.15, 0.2) is 0 Å². The third kappa shape index (κ3) is 6.41. The number of rotatable bonds is 2. The molecule has 0 aromatic carbocycles. The molecule has 1 aliphatic rings. The Morgan fingerprint density at radius 2 is 2.09 bits per heavy atom. The Bertz CT molecular complexity index is 77.6. The monoisotopic (exact) mass is 228 g/mol. The van der Waals surface area contributed by atoms with E-state index in [0.717, 1.165) is 11.8 Å². The Kier molecular flexibility index (Phi) is 10.6. The van der Waals surface area contributed by atoms with Gasteiger partial charge in [-0.3, -0.25) is 0 Å². The maximum absolute atomic E-state index is 2.50. The van der Waals surface area contributed by atoms with Crippen molar-refractivity contribution < 1.29 is 17.0 Å². The van der Waals surface area contributed by atoms with Gasteiger partial charge in [-0.15, -0.1) is 0 Å². The van der Waals surface area contributed by atoms with E-state index in [1.54, 1.807) is 0 Å². The van der Waals surface area contributed by atoms with Gasteiger partial charge in [-0.05, 0) is 5.92 Å². The molecule has 0 spiro atoms. The van der Waals surface area contributed by atoms with Crippen molar-refractivity contribution in [2.24, 2.45) is 11.8 Å². The smallest absolute Gasteiger partial charge is 1.00 e. The molecule has 0 aromatic heterocycles. The maximum atomic E-state index is 2.50. The first kappa shape index (κ1) is 14.8. The van der Waals surface area contributed by atoms with Crippen LogP contribution in [-0.4, -0.2) is 23.1 Å². The summed E-state index contributed by atoms with van der Waals surface area (Å²) in [7, 11) is 0. The van der Waals surface area contributed by atoms with E-state index in [1.807, 2.05) is 0 Å². The Morgan fingerprint density at radius 3 is 2.45 bits per heavy atom. The van der Waals surface area contributed by atoms with E-state index in [-0.39, 0.29) is 40.0 Å². The van der Waals surface area contributed by atoms with E-state index in [0.29, 0.717) is 0 Å². The van der Waals surface area contributed by atoms with Crippen LogP contribution in [0.5, 0.6) is 0 Å². The zero-order valence-electron chi connectivity index (χ0n) is 7.65. The average molecular weight is 229 g/mol. The quantitative estimate of drug-likeness (QED) is 0.449. The first-order valence-electron chi connectivity index (χ1n) is 4.12. The SMILES string of the molecule is CC(C)CC1[CH-]CCC1.[Br-].[Mg+2]. The molecule has 1 aliphatic carbocycles. The van der Waals surface area contributed by atoms with Crippen LogP contribution in [0, 0.1) is 18.3 Å². The molecule has 62 valence electrons. The predicted molar refractivity (Wildman–Crippen MR) is 46.9 cm³/mol. The summed E-state index contributed by atoms with van der Waals surface area (Å²) in [6.07, 6.45) is 8.19. The predicted octanol–water partition coefficient (Wildman–Crippen LogP) is -0.340. The number of hydrogen-bond donors (Lipinski definition) is 0. The Balaban J connectivity index is 0. The molecule has 1 saturated carbocycles. The van der Waals surface area contributed by atoms with Gasteiger partial charge in [0.05, 0.1) is 0 Å². The van der Waals surface area contributed by atoms with Crippen LogP contribution in [0.25, 0.3) is 0 Å². The summed E-state index contributed by atoms with van der Waals surface area (Å²) in [5.41, 5.74) is 0.